The van der Waals surface area contributed by atoms with Crippen molar-refractivity contribution in [2.24, 2.45) is 0 Å². The van der Waals surface area contributed by atoms with E-state index in [1.54, 1.807) is 29.4 Å². The summed E-state index contributed by atoms with van der Waals surface area (Å²) in [6.45, 7) is 1.62. The molecule has 1 aliphatic rings. The highest BCUT2D eigenvalue weighted by Gasteiger charge is 2.32. The monoisotopic (exact) mass is 398 g/mol. The predicted octanol–water partition coefficient (Wildman–Crippen LogP) is 1.73. The summed E-state index contributed by atoms with van der Waals surface area (Å²) in [5, 5.41) is 4.11. The van der Waals surface area contributed by atoms with Crippen LogP contribution in [0.2, 0.25) is 0 Å². The molecule has 0 fully saturated rings. The van der Waals surface area contributed by atoms with Crippen molar-refractivity contribution >= 4 is 24.9 Å². The molecule has 0 radical (unpaired) electrons. The average molecular weight is 398 g/mol. The van der Waals surface area contributed by atoms with E-state index in [2.05, 4.69) is 15.1 Å². The number of anilines is 2. The van der Waals surface area contributed by atoms with Crippen molar-refractivity contribution < 1.29 is 14.3 Å². The molecule has 0 aliphatic carbocycles. The number of nitrogens with zero attached hydrogens (tertiary/aromatic N) is 5. The fourth-order valence-corrected chi connectivity index (χ4v) is 4.11. The minimum absolute atomic E-state index is 0.0872. The van der Waals surface area contributed by atoms with E-state index in [-0.39, 0.29) is 30.9 Å². The first kappa shape index (κ1) is 18.3. The molecule has 2 aromatic heterocycles. The van der Waals surface area contributed by atoms with Gasteiger partial charge in [-0.05, 0) is 17.2 Å². The van der Waals surface area contributed by atoms with E-state index in [4.69, 9.17) is 5.73 Å². The first-order valence-electron chi connectivity index (χ1n) is 8.64. The van der Waals surface area contributed by atoms with Gasteiger partial charge in [0.05, 0.1) is 13.0 Å². The Morgan fingerprint density at radius 1 is 1.25 bits per heavy atom. The zero-order valence-electron chi connectivity index (χ0n) is 15.2. The second kappa shape index (κ2) is 6.85. The van der Waals surface area contributed by atoms with Crippen LogP contribution in [0, 0.1) is 0 Å². The summed E-state index contributed by atoms with van der Waals surface area (Å²) < 4.78 is 13.2. The molecule has 4 rings (SSSR count). The number of nitrogens with two attached hydrogens (primary N) is 1. The van der Waals surface area contributed by atoms with Crippen LogP contribution in [-0.4, -0.2) is 37.2 Å². The van der Waals surface area contributed by atoms with Gasteiger partial charge >= 0.3 is 0 Å². The molecule has 9 nitrogen and oxygen atoms in total. The van der Waals surface area contributed by atoms with Crippen LogP contribution in [-0.2, 0) is 28.5 Å². The molecule has 1 aliphatic heterocycles. The first-order chi connectivity index (χ1) is 13.3. The Morgan fingerprint density at radius 3 is 2.75 bits per heavy atom. The maximum absolute atomic E-state index is 12.6. The van der Waals surface area contributed by atoms with E-state index < -0.39 is 7.37 Å². The van der Waals surface area contributed by atoms with Gasteiger partial charge in [0.25, 0.3) is 5.95 Å². The number of carbonyl (C=O) groups excluding carboxylic acids is 1. The Bertz CT molecular complexity index is 1090. The van der Waals surface area contributed by atoms with Crippen LogP contribution in [0.15, 0.2) is 42.7 Å². The molecule has 0 saturated carbocycles. The summed E-state index contributed by atoms with van der Waals surface area (Å²) in [7, 11) is -3.18. The van der Waals surface area contributed by atoms with Crippen LogP contribution in [0.5, 0.6) is 0 Å². The fourth-order valence-electron chi connectivity index (χ4n) is 3.23. The smallest absolute Gasteiger partial charge is 0.254 e. The molecule has 0 bridgehead atoms. The first-order valence-corrected chi connectivity index (χ1v) is 10.9. The van der Waals surface area contributed by atoms with Gasteiger partial charge in [0, 0.05) is 30.8 Å². The highest BCUT2D eigenvalue weighted by molar-refractivity contribution is 7.56. The summed E-state index contributed by atoms with van der Waals surface area (Å²) >= 11 is 0. The summed E-state index contributed by atoms with van der Waals surface area (Å²) in [6, 6.07) is 9.05. The van der Waals surface area contributed by atoms with Crippen LogP contribution in [0.25, 0.3) is 5.95 Å². The molecule has 1 aromatic carbocycles. The quantitative estimate of drug-likeness (QED) is 0.627. The molecule has 10 heteroatoms. The standard InChI is InChI=1S/C18H19N6O3P/c1-28(26,27)11-13-5-2-4-12(8-13)10-23-15(25)9-14-16(19)21-18(22-17(14)23)24-7-3-6-20-24/h2-8H,9-11H2,1H3,(H,26,27)(H2,19,21,22). The van der Waals surface area contributed by atoms with E-state index in [0.717, 1.165) is 11.1 Å². The van der Waals surface area contributed by atoms with Gasteiger partial charge in [-0.25, -0.2) is 4.68 Å². The third kappa shape index (κ3) is 3.67. The van der Waals surface area contributed by atoms with Gasteiger partial charge in [-0.1, -0.05) is 24.3 Å². The van der Waals surface area contributed by atoms with Crippen LogP contribution in [0.4, 0.5) is 11.6 Å². The molecule has 144 valence electrons. The van der Waals surface area contributed by atoms with Crippen molar-refractivity contribution in [1.82, 2.24) is 19.7 Å². The second-order valence-electron chi connectivity index (χ2n) is 6.85. The van der Waals surface area contributed by atoms with Gasteiger partial charge in [0.1, 0.15) is 11.6 Å². The zero-order chi connectivity index (χ0) is 19.9. The number of benzene rings is 1. The Morgan fingerprint density at radius 2 is 2.04 bits per heavy atom. The van der Waals surface area contributed by atoms with E-state index in [0.29, 0.717) is 17.3 Å². The number of hydrogen-bond donors (Lipinski definition) is 2. The highest BCUT2D eigenvalue weighted by Crippen LogP contribution is 2.40. The largest absolute Gasteiger partial charge is 0.383 e. The van der Waals surface area contributed by atoms with Crippen molar-refractivity contribution in [3.63, 3.8) is 0 Å². The lowest BCUT2D eigenvalue weighted by Gasteiger charge is -2.18. The molecule has 3 aromatic rings. The summed E-state index contributed by atoms with van der Waals surface area (Å²) in [5.41, 5.74) is 8.25. The van der Waals surface area contributed by atoms with Gasteiger partial charge in [0.2, 0.25) is 13.3 Å². The summed E-state index contributed by atoms with van der Waals surface area (Å²) in [5.74, 6) is 0.897. The SMILES string of the molecule is CP(=O)(O)Cc1cccc(CN2C(=O)Cc3c(N)nc(-n4cccn4)nc32)c1. The van der Waals surface area contributed by atoms with Crippen LogP contribution >= 0.6 is 7.37 Å². The number of hydrogen-bond acceptors (Lipinski definition) is 6. The lowest BCUT2D eigenvalue weighted by atomic mass is 10.1. The van der Waals surface area contributed by atoms with Gasteiger partial charge < -0.3 is 10.6 Å². The van der Waals surface area contributed by atoms with E-state index in [1.165, 1.54) is 11.3 Å². The molecule has 3 heterocycles. The fraction of sp³-hybridized carbons (Fsp3) is 0.222. The number of amides is 1. The van der Waals surface area contributed by atoms with E-state index >= 15 is 0 Å². The number of nitrogen functional groups attached to an aromatic ring is 1. The molecule has 1 unspecified atom stereocenters. The van der Waals surface area contributed by atoms with E-state index in [1.807, 2.05) is 18.2 Å². The molecule has 28 heavy (non-hydrogen) atoms. The second-order valence-corrected chi connectivity index (χ2v) is 9.27. The third-order valence-electron chi connectivity index (χ3n) is 4.41. The third-order valence-corrected chi connectivity index (χ3v) is 5.36. The van der Waals surface area contributed by atoms with Crippen LogP contribution in [0.3, 0.4) is 0 Å². The lowest BCUT2D eigenvalue weighted by molar-refractivity contribution is -0.117. The number of fused-ring (bicyclic) bond motifs is 1. The molecule has 3 N–H and O–H groups in total. The lowest BCUT2D eigenvalue weighted by Crippen LogP contribution is -2.27. The Balaban J connectivity index is 1.67. The molecule has 1 amide bonds. The Hall–Kier alpha value is -3.03. The molecule has 1 atom stereocenters. The number of aromatic nitrogens is 4. The maximum Gasteiger partial charge on any atom is 0.254 e. The highest BCUT2D eigenvalue weighted by atomic mass is 31.2. The van der Waals surface area contributed by atoms with Crippen molar-refractivity contribution in [3.05, 3.63) is 59.4 Å². The molecule has 0 spiro atoms. The number of rotatable bonds is 5. The van der Waals surface area contributed by atoms with E-state index in [9.17, 15) is 14.3 Å². The van der Waals surface area contributed by atoms with Crippen molar-refractivity contribution in [2.45, 2.75) is 19.1 Å². The van der Waals surface area contributed by atoms with Gasteiger partial charge in [-0.15, -0.1) is 0 Å². The zero-order valence-corrected chi connectivity index (χ0v) is 16.1. The summed E-state index contributed by atoms with van der Waals surface area (Å²) in [6.07, 6.45) is 3.53. The minimum Gasteiger partial charge on any atom is -0.383 e. The summed E-state index contributed by atoms with van der Waals surface area (Å²) in [4.78, 5) is 32.5. The average Bonchev–Trinajstić information content (AvgIpc) is 3.24. The maximum atomic E-state index is 12.6. The van der Waals surface area contributed by atoms with Gasteiger partial charge in [-0.2, -0.15) is 15.1 Å². The number of carbonyl (C=O) groups is 1. The van der Waals surface area contributed by atoms with Crippen molar-refractivity contribution in [1.29, 1.82) is 0 Å². The van der Waals surface area contributed by atoms with Crippen LogP contribution < -0.4 is 10.6 Å². The van der Waals surface area contributed by atoms with Gasteiger partial charge in [0.15, 0.2) is 0 Å². The van der Waals surface area contributed by atoms with Crippen molar-refractivity contribution in [3.8, 4) is 5.95 Å². The molecule has 0 saturated heterocycles. The Kier molecular flexibility index (Phi) is 4.49. The van der Waals surface area contributed by atoms with Crippen LogP contribution in [0.1, 0.15) is 16.7 Å². The minimum atomic E-state index is -3.18. The topological polar surface area (TPSA) is 127 Å². The molecular formula is C18H19N6O3P. The predicted molar refractivity (Wildman–Crippen MR) is 104 cm³/mol. The molecular weight excluding hydrogens is 379 g/mol. The Labute approximate surface area is 161 Å². The normalized spacial score (nSPS) is 15.5. The van der Waals surface area contributed by atoms with Gasteiger partial charge in [-0.3, -0.25) is 14.3 Å². The van der Waals surface area contributed by atoms with Crippen molar-refractivity contribution in [2.75, 3.05) is 17.3 Å².